The molecule has 7 nitrogen and oxygen atoms in total. The van der Waals surface area contributed by atoms with E-state index in [2.05, 4.69) is 27.9 Å². The summed E-state index contributed by atoms with van der Waals surface area (Å²) in [6.45, 7) is 5.65. The van der Waals surface area contributed by atoms with Crippen molar-refractivity contribution < 1.29 is 9.53 Å². The molecule has 1 rings (SSSR count). The van der Waals surface area contributed by atoms with Crippen LogP contribution in [0.4, 0.5) is 5.82 Å². The van der Waals surface area contributed by atoms with Crippen molar-refractivity contribution in [2.45, 2.75) is 32.9 Å². The zero-order valence-corrected chi connectivity index (χ0v) is 11.1. The normalized spacial score (nSPS) is 12.2. The Labute approximate surface area is 107 Å². The van der Waals surface area contributed by atoms with E-state index < -0.39 is 0 Å². The van der Waals surface area contributed by atoms with Crippen LogP contribution in [0.5, 0.6) is 0 Å². The van der Waals surface area contributed by atoms with Crippen molar-refractivity contribution in [2.75, 3.05) is 25.6 Å². The maximum atomic E-state index is 11.7. The Morgan fingerprint density at radius 2 is 2.39 bits per heavy atom. The lowest BCUT2D eigenvalue weighted by atomic mass is 10.3. The van der Waals surface area contributed by atoms with Crippen LogP contribution in [-0.4, -0.2) is 47.2 Å². The topological polar surface area (TPSA) is 81.1 Å². The van der Waals surface area contributed by atoms with Crippen molar-refractivity contribution >= 4 is 11.7 Å². The van der Waals surface area contributed by atoms with Crippen molar-refractivity contribution in [1.82, 2.24) is 20.3 Å². The summed E-state index contributed by atoms with van der Waals surface area (Å²) < 4.78 is 6.62. The van der Waals surface area contributed by atoms with Gasteiger partial charge in [0.15, 0.2) is 0 Å². The number of aryl methyl sites for hydroxylation is 1. The van der Waals surface area contributed by atoms with Crippen LogP contribution in [0.2, 0.25) is 0 Å². The van der Waals surface area contributed by atoms with Crippen LogP contribution in [-0.2, 0) is 16.1 Å². The fourth-order valence-electron chi connectivity index (χ4n) is 1.46. The molecule has 0 aliphatic heterocycles. The first-order chi connectivity index (χ1) is 8.69. The van der Waals surface area contributed by atoms with E-state index in [4.69, 9.17) is 4.74 Å². The molecule has 0 saturated carbocycles. The van der Waals surface area contributed by atoms with Gasteiger partial charge in [-0.05, 0) is 13.3 Å². The average Bonchev–Trinajstić information content (AvgIpc) is 2.77. The van der Waals surface area contributed by atoms with Crippen LogP contribution >= 0.6 is 0 Å². The molecule has 0 aromatic carbocycles. The first-order valence-corrected chi connectivity index (χ1v) is 6.10. The number of rotatable bonds is 8. The second-order valence-electron chi connectivity index (χ2n) is 3.99. The Bertz CT molecular complexity index is 366. The van der Waals surface area contributed by atoms with Gasteiger partial charge in [-0.3, -0.25) is 4.79 Å². The van der Waals surface area contributed by atoms with Crippen LogP contribution in [0.1, 0.15) is 20.3 Å². The molecule has 7 heteroatoms. The highest BCUT2D eigenvalue weighted by Gasteiger charge is 2.14. The van der Waals surface area contributed by atoms with Gasteiger partial charge in [0, 0.05) is 20.2 Å². The van der Waals surface area contributed by atoms with Crippen molar-refractivity contribution in [2.24, 2.45) is 0 Å². The number of amides is 1. The molecule has 1 aromatic heterocycles. The number of anilines is 1. The minimum atomic E-state index is -0.337. The molecule has 1 heterocycles. The maximum Gasteiger partial charge on any atom is 0.242 e. The van der Waals surface area contributed by atoms with Gasteiger partial charge in [-0.15, -0.1) is 5.10 Å². The fraction of sp³-hybridized carbons (Fsp3) is 0.727. The average molecular weight is 255 g/mol. The molecule has 0 fully saturated rings. The van der Waals surface area contributed by atoms with Crippen molar-refractivity contribution in [3.8, 4) is 0 Å². The quantitative estimate of drug-likeness (QED) is 0.651. The maximum absolute atomic E-state index is 11.7. The van der Waals surface area contributed by atoms with E-state index in [9.17, 15) is 4.79 Å². The lowest BCUT2D eigenvalue weighted by Gasteiger charge is -2.15. The summed E-state index contributed by atoms with van der Waals surface area (Å²) in [5.41, 5.74) is 0. The summed E-state index contributed by atoms with van der Waals surface area (Å²) >= 11 is 0. The van der Waals surface area contributed by atoms with E-state index in [1.165, 1.54) is 0 Å². The minimum absolute atomic E-state index is 0.0729. The highest BCUT2D eigenvalue weighted by Crippen LogP contribution is 2.06. The second kappa shape index (κ2) is 7.65. The van der Waals surface area contributed by atoms with Gasteiger partial charge >= 0.3 is 0 Å². The molecule has 0 saturated heterocycles. The molecule has 2 N–H and O–H groups in total. The Morgan fingerprint density at radius 1 is 1.61 bits per heavy atom. The highest BCUT2D eigenvalue weighted by molar-refractivity contribution is 5.83. The molecule has 1 unspecified atom stereocenters. The van der Waals surface area contributed by atoms with Crippen molar-refractivity contribution in [1.29, 1.82) is 0 Å². The van der Waals surface area contributed by atoms with E-state index in [1.54, 1.807) is 24.9 Å². The molecular weight excluding hydrogens is 234 g/mol. The van der Waals surface area contributed by atoms with Gasteiger partial charge in [0.2, 0.25) is 5.91 Å². The highest BCUT2D eigenvalue weighted by atomic mass is 16.5. The molecule has 1 amide bonds. The summed E-state index contributed by atoms with van der Waals surface area (Å²) in [5, 5.41) is 13.6. The van der Waals surface area contributed by atoms with Gasteiger partial charge in [-0.25, -0.2) is 4.68 Å². The summed E-state index contributed by atoms with van der Waals surface area (Å²) in [4.78, 5) is 11.7. The molecule has 0 aliphatic carbocycles. The van der Waals surface area contributed by atoms with Crippen LogP contribution < -0.4 is 10.6 Å². The van der Waals surface area contributed by atoms with Gasteiger partial charge in [0.1, 0.15) is 11.9 Å². The number of hydrogen-bond acceptors (Lipinski definition) is 5. The predicted octanol–water partition coefficient (Wildman–Crippen LogP) is 0.251. The number of ether oxygens (including phenoxy) is 1. The van der Waals surface area contributed by atoms with Gasteiger partial charge in [-0.2, -0.15) is 0 Å². The zero-order valence-electron chi connectivity index (χ0n) is 11.1. The number of nitrogens with zero attached hydrogens (tertiary/aromatic N) is 3. The predicted molar refractivity (Wildman–Crippen MR) is 68.3 cm³/mol. The van der Waals surface area contributed by atoms with Gasteiger partial charge in [-0.1, -0.05) is 12.1 Å². The molecule has 0 spiro atoms. The summed E-state index contributed by atoms with van der Waals surface area (Å²) in [7, 11) is 1.60. The second-order valence-corrected chi connectivity index (χ2v) is 3.99. The molecule has 1 aromatic rings. The van der Waals surface area contributed by atoms with Gasteiger partial charge < -0.3 is 15.4 Å². The van der Waals surface area contributed by atoms with Gasteiger partial charge in [0.25, 0.3) is 0 Å². The monoisotopic (exact) mass is 255 g/mol. The summed E-state index contributed by atoms with van der Waals surface area (Å²) in [5.74, 6) is 0.683. The molecular formula is C11H21N5O2. The number of hydrogen-bond donors (Lipinski definition) is 2. The van der Waals surface area contributed by atoms with Crippen LogP contribution in [0, 0.1) is 0 Å². The van der Waals surface area contributed by atoms with E-state index in [0.717, 1.165) is 18.8 Å². The minimum Gasteiger partial charge on any atom is -0.383 e. The first kappa shape index (κ1) is 14.4. The van der Waals surface area contributed by atoms with Crippen LogP contribution in [0.15, 0.2) is 6.20 Å². The number of carbonyl (C=O) groups is 1. The van der Waals surface area contributed by atoms with Crippen LogP contribution in [0.25, 0.3) is 0 Å². The number of carbonyl (C=O) groups excluding carboxylic acids is 1. The molecule has 0 aliphatic rings. The molecule has 1 atom stereocenters. The smallest absolute Gasteiger partial charge is 0.242 e. The number of methoxy groups -OCH3 is 1. The molecule has 18 heavy (non-hydrogen) atoms. The van der Waals surface area contributed by atoms with Crippen molar-refractivity contribution in [3.05, 3.63) is 6.20 Å². The van der Waals surface area contributed by atoms with Crippen LogP contribution in [0.3, 0.4) is 0 Å². The largest absolute Gasteiger partial charge is 0.383 e. The molecule has 102 valence electrons. The third kappa shape index (κ3) is 4.33. The molecule has 0 radical (unpaired) electrons. The van der Waals surface area contributed by atoms with E-state index in [1.807, 2.05) is 0 Å². The number of nitrogens with one attached hydrogen (secondary N) is 2. The molecule has 0 bridgehead atoms. The summed E-state index contributed by atoms with van der Waals surface area (Å²) in [6.07, 6.45) is 2.58. The Morgan fingerprint density at radius 3 is 3.06 bits per heavy atom. The summed E-state index contributed by atoms with van der Waals surface area (Å²) in [6, 6.07) is -0.337. The zero-order chi connectivity index (χ0) is 13.4. The Kier molecular flexibility index (Phi) is 6.13. The Balaban J connectivity index is 2.45. The van der Waals surface area contributed by atoms with Gasteiger partial charge in [0.05, 0.1) is 12.8 Å². The van der Waals surface area contributed by atoms with E-state index in [0.29, 0.717) is 13.2 Å². The first-order valence-electron chi connectivity index (χ1n) is 6.10. The lowest BCUT2D eigenvalue weighted by molar-refractivity contribution is -0.121. The third-order valence-corrected chi connectivity index (χ3v) is 2.42. The van der Waals surface area contributed by atoms with E-state index in [-0.39, 0.29) is 11.9 Å². The SMILES string of the molecule is CCCn1nncc1NC(C)C(=O)NCCOC. The standard InChI is InChI=1S/C11H21N5O2/c1-4-6-16-10(8-13-15-16)14-9(2)11(17)12-5-7-18-3/h8-9,14H,4-7H2,1-3H3,(H,12,17). The van der Waals surface area contributed by atoms with Crippen molar-refractivity contribution in [3.63, 3.8) is 0 Å². The lowest BCUT2D eigenvalue weighted by Crippen LogP contribution is -2.39. The Hall–Kier alpha value is -1.63. The third-order valence-electron chi connectivity index (χ3n) is 2.42. The fourth-order valence-corrected chi connectivity index (χ4v) is 1.46. The number of aromatic nitrogens is 3. The van der Waals surface area contributed by atoms with E-state index >= 15 is 0 Å².